The third-order valence-electron chi connectivity index (χ3n) is 2.79. The van der Waals surface area contributed by atoms with Gasteiger partial charge in [0.25, 0.3) is 0 Å². The zero-order chi connectivity index (χ0) is 14.0. The molecule has 0 aliphatic heterocycles. The fourth-order valence-corrected chi connectivity index (χ4v) is 1.71. The van der Waals surface area contributed by atoms with E-state index in [-0.39, 0.29) is 6.61 Å². The maximum absolute atomic E-state index is 8.66. The number of para-hydroxylation sites is 1. The second-order valence-corrected chi connectivity index (χ2v) is 4.44. The lowest BCUT2D eigenvalue weighted by molar-refractivity contribution is 0.104. The van der Waals surface area contributed by atoms with Crippen molar-refractivity contribution in [3.63, 3.8) is 0 Å². The highest BCUT2D eigenvalue weighted by atomic mass is 16.5. The highest BCUT2D eigenvalue weighted by Crippen LogP contribution is 2.12. The van der Waals surface area contributed by atoms with Crippen molar-refractivity contribution in [1.29, 1.82) is 0 Å². The van der Waals surface area contributed by atoms with Crippen LogP contribution in [0.2, 0.25) is 0 Å². The van der Waals surface area contributed by atoms with Crippen LogP contribution in [-0.4, -0.2) is 18.3 Å². The predicted molar refractivity (Wildman–Crippen MR) is 81.5 cm³/mol. The van der Waals surface area contributed by atoms with E-state index in [2.05, 4.69) is 10.9 Å². The Morgan fingerprint density at radius 1 is 0.850 bits per heavy atom. The van der Waals surface area contributed by atoms with E-state index in [1.807, 2.05) is 54.6 Å². The quantitative estimate of drug-likeness (QED) is 0.511. The molecule has 0 aromatic heterocycles. The van der Waals surface area contributed by atoms with Gasteiger partial charge in [0.05, 0.1) is 18.0 Å². The van der Waals surface area contributed by atoms with E-state index >= 15 is 0 Å². The standard InChI is InChI=1S/C16H20N2O2/c19-11-4-12-20-13-14-7-9-16(10-8-14)18-17-15-5-2-1-3-6-15/h1-3,5-10,17-19H,4,11-13H2. The lowest BCUT2D eigenvalue weighted by Gasteiger charge is -2.10. The molecule has 0 spiro atoms. The smallest absolute Gasteiger partial charge is 0.0716 e. The predicted octanol–water partition coefficient (Wildman–Crippen LogP) is 3.02. The molecule has 0 saturated heterocycles. The van der Waals surface area contributed by atoms with Gasteiger partial charge in [-0.1, -0.05) is 30.3 Å². The topological polar surface area (TPSA) is 53.5 Å². The number of aliphatic hydroxyl groups is 1. The van der Waals surface area contributed by atoms with Gasteiger partial charge in [-0.05, 0) is 36.2 Å². The van der Waals surface area contributed by atoms with Crippen LogP contribution in [0.4, 0.5) is 11.4 Å². The van der Waals surface area contributed by atoms with Crippen LogP contribution in [0.25, 0.3) is 0 Å². The molecule has 0 unspecified atom stereocenters. The lowest BCUT2D eigenvalue weighted by atomic mass is 10.2. The third-order valence-corrected chi connectivity index (χ3v) is 2.79. The lowest BCUT2D eigenvalue weighted by Crippen LogP contribution is -2.08. The number of nitrogens with one attached hydrogen (secondary N) is 2. The molecule has 0 radical (unpaired) electrons. The first-order valence-corrected chi connectivity index (χ1v) is 6.73. The Bertz CT molecular complexity index is 486. The minimum atomic E-state index is 0.175. The molecule has 0 heterocycles. The summed E-state index contributed by atoms with van der Waals surface area (Å²) in [5.74, 6) is 0. The summed E-state index contributed by atoms with van der Waals surface area (Å²) in [5.41, 5.74) is 9.40. The molecule has 4 nitrogen and oxygen atoms in total. The first kappa shape index (κ1) is 14.4. The van der Waals surface area contributed by atoms with Gasteiger partial charge in [-0.3, -0.25) is 0 Å². The van der Waals surface area contributed by atoms with Crippen molar-refractivity contribution in [2.45, 2.75) is 13.0 Å². The molecule has 0 atom stereocenters. The monoisotopic (exact) mass is 272 g/mol. The molecule has 0 amide bonds. The largest absolute Gasteiger partial charge is 0.396 e. The molecule has 0 bridgehead atoms. The van der Waals surface area contributed by atoms with Crippen molar-refractivity contribution >= 4 is 11.4 Å². The minimum Gasteiger partial charge on any atom is -0.396 e. The van der Waals surface area contributed by atoms with Gasteiger partial charge >= 0.3 is 0 Å². The van der Waals surface area contributed by atoms with Gasteiger partial charge in [0, 0.05) is 13.2 Å². The van der Waals surface area contributed by atoms with Gasteiger partial charge in [-0.2, -0.15) is 0 Å². The first-order valence-electron chi connectivity index (χ1n) is 6.73. The zero-order valence-corrected chi connectivity index (χ0v) is 11.4. The van der Waals surface area contributed by atoms with Gasteiger partial charge in [0.15, 0.2) is 0 Å². The molecule has 4 heteroatoms. The Morgan fingerprint density at radius 3 is 2.15 bits per heavy atom. The number of hydrogen-bond donors (Lipinski definition) is 3. The SMILES string of the molecule is OCCCOCc1ccc(NNc2ccccc2)cc1. The number of anilines is 2. The van der Waals surface area contributed by atoms with Crippen molar-refractivity contribution in [3.8, 4) is 0 Å². The van der Waals surface area contributed by atoms with Crippen molar-refractivity contribution < 1.29 is 9.84 Å². The first-order chi connectivity index (χ1) is 9.88. The molecule has 0 aliphatic rings. The van der Waals surface area contributed by atoms with Crippen LogP contribution in [0.15, 0.2) is 54.6 Å². The summed E-state index contributed by atoms with van der Waals surface area (Å²) >= 11 is 0. The Morgan fingerprint density at radius 2 is 1.50 bits per heavy atom. The molecule has 0 aliphatic carbocycles. The average molecular weight is 272 g/mol. The van der Waals surface area contributed by atoms with E-state index in [0.29, 0.717) is 19.6 Å². The van der Waals surface area contributed by atoms with Gasteiger partial charge in [0.2, 0.25) is 0 Å². The van der Waals surface area contributed by atoms with E-state index in [1.165, 1.54) is 0 Å². The summed E-state index contributed by atoms with van der Waals surface area (Å²) in [6.07, 6.45) is 0.681. The summed E-state index contributed by atoms with van der Waals surface area (Å²) in [6.45, 7) is 1.34. The second kappa shape index (κ2) is 8.19. The molecule has 0 fully saturated rings. The van der Waals surface area contributed by atoms with Crippen LogP contribution in [0, 0.1) is 0 Å². The summed E-state index contributed by atoms with van der Waals surface area (Å²) in [6, 6.07) is 18.0. The zero-order valence-electron chi connectivity index (χ0n) is 11.4. The maximum Gasteiger partial charge on any atom is 0.0716 e. The molecular weight excluding hydrogens is 252 g/mol. The molecule has 0 saturated carbocycles. The van der Waals surface area contributed by atoms with E-state index < -0.39 is 0 Å². The van der Waals surface area contributed by atoms with Crippen LogP contribution in [0.1, 0.15) is 12.0 Å². The van der Waals surface area contributed by atoms with Crippen LogP contribution < -0.4 is 10.9 Å². The fraction of sp³-hybridized carbons (Fsp3) is 0.250. The second-order valence-electron chi connectivity index (χ2n) is 4.44. The third kappa shape index (κ3) is 4.91. The Hall–Kier alpha value is -2.04. The molecule has 2 aromatic rings. The van der Waals surface area contributed by atoms with Crippen LogP contribution in [-0.2, 0) is 11.3 Å². The number of hydrogen-bond acceptors (Lipinski definition) is 4. The van der Waals surface area contributed by atoms with Gasteiger partial charge < -0.3 is 20.7 Å². The van der Waals surface area contributed by atoms with E-state index in [1.54, 1.807) is 0 Å². The van der Waals surface area contributed by atoms with Crippen molar-refractivity contribution in [2.75, 3.05) is 24.1 Å². The minimum absolute atomic E-state index is 0.175. The Kier molecular flexibility index (Phi) is 5.89. The Balaban J connectivity index is 1.76. The Labute approximate surface area is 119 Å². The number of rotatable bonds is 8. The van der Waals surface area contributed by atoms with Crippen molar-refractivity contribution in [1.82, 2.24) is 0 Å². The van der Waals surface area contributed by atoms with Gasteiger partial charge in [-0.15, -0.1) is 0 Å². The molecule has 3 N–H and O–H groups in total. The van der Waals surface area contributed by atoms with E-state index in [9.17, 15) is 0 Å². The molecule has 2 rings (SSSR count). The highest BCUT2D eigenvalue weighted by molar-refractivity contribution is 5.52. The number of ether oxygens (including phenoxy) is 1. The summed E-state index contributed by atoms with van der Waals surface area (Å²) in [4.78, 5) is 0. The molecule has 106 valence electrons. The van der Waals surface area contributed by atoms with Crippen molar-refractivity contribution in [3.05, 3.63) is 60.2 Å². The highest BCUT2D eigenvalue weighted by Gasteiger charge is 1.95. The van der Waals surface area contributed by atoms with Gasteiger partial charge in [0.1, 0.15) is 0 Å². The maximum atomic E-state index is 8.66. The van der Waals surface area contributed by atoms with Crippen LogP contribution in [0.3, 0.4) is 0 Å². The number of benzene rings is 2. The van der Waals surface area contributed by atoms with E-state index in [0.717, 1.165) is 16.9 Å². The summed E-state index contributed by atoms with van der Waals surface area (Å²) < 4.78 is 5.43. The fourth-order valence-electron chi connectivity index (χ4n) is 1.71. The van der Waals surface area contributed by atoms with Crippen LogP contribution in [0.5, 0.6) is 0 Å². The average Bonchev–Trinajstić information content (AvgIpc) is 2.52. The normalized spacial score (nSPS) is 10.2. The molecule has 20 heavy (non-hydrogen) atoms. The van der Waals surface area contributed by atoms with Crippen LogP contribution >= 0.6 is 0 Å². The van der Waals surface area contributed by atoms with Gasteiger partial charge in [-0.25, -0.2) is 0 Å². The number of hydrazine groups is 1. The summed E-state index contributed by atoms with van der Waals surface area (Å²) in [5, 5.41) is 8.66. The van der Waals surface area contributed by atoms with E-state index in [4.69, 9.17) is 9.84 Å². The molecular formula is C16H20N2O2. The molecule has 2 aromatic carbocycles. The van der Waals surface area contributed by atoms with Crippen molar-refractivity contribution in [2.24, 2.45) is 0 Å². The summed E-state index contributed by atoms with van der Waals surface area (Å²) in [7, 11) is 0. The number of aliphatic hydroxyl groups excluding tert-OH is 1.